The van der Waals surface area contributed by atoms with E-state index in [1.165, 1.54) is 0 Å². The van der Waals surface area contributed by atoms with Crippen molar-refractivity contribution in [3.05, 3.63) is 47.8 Å². The number of aromatic nitrogens is 2. The molecule has 2 aromatic rings. The van der Waals surface area contributed by atoms with Crippen LogP contribution in [-0.4, -0.2) is 41.6 Å². The number of hydrogen-bond donors (Lipinski definition) is 1. The average Bonchev–Trinajstić information content (AvgIpc) is 3.15. The van der Waals surface area contributed by atoms with E-state index in [-0.39, 0.29) is 11.9 Å². The quantitative estimate of drug-likeness (QED) is 0.857. The van der Waals surface area contributed by atoms with E-state index in [0.717, 1.165) is 25.2 Å². The van der Waals surface area contributed by atoms with Crippen molar-refractivity contribution in [2.24, 2.45) is 0 Å². The third-order valence-corrected chi connectivity index (χ3v) is 4.19. The number of amides is 1. The molecular formula is C19H21N5O2. The van der Waals surface area contributed by atoms with Gasteiger partial charge in [-0.3, -0.25) is 4.79 Å². The van der Waals surface area contributed by atoms with Crippen molar-refractivity contribution in [3.63, 3.8) is 0 Å². The van der Waals surface area contributed by atoms with Crippen molar-refractivity contribution in [2.45, 2.75) is 25.8 Å². The number of carbonyl (C=O) groups excluding carboxylic acids is 1. The van der Waals surface area contributed by atoms with Crippen LogP contribution in [-0.2, 0) is 0 Å². The Morgan fingerprint density at radius 1 is 1.35 bits per heavy atom. The molecule has 7 nitrogen and oxygen atoms in total. The number of benzene rings is 1. The van der Waals surface area contributed by atoms with E-state index < -0.39 is 0 Å². The van der Waals surface area contributed by atoms with Gasteiger partial charge in [-0.05, 0) is 37.1 Å². The molecule has 1 aliphatic rings. The maximum Gasteiger partial charge on any atom is 0.257 e. The molecule has 1 aromatic heterocycles. The summed E-state index contributed by atoms with van der Waals surface area (Å²) in [6.45, 7) is 4.07. The Bertz CT molecular complexity index is 800. The van der Waals surface area contributed by atoms with Crippen LogP contribution in [0.4, 0.5) is 5.82 Å². The molecular weight excluding hydrogens is 330 g/mol. The summed E-state index contributed by atoms with van der Waals surface area (Å²) >= 11 is 0. The summed E-state index contributed by atoms with van der Waals surface area (Å²) in [4.78, 5) is 23.1. The number of carbonyl (C=O) groups is 1. The zero-order valence-electron chi connectivity index (χ0n) is 14.7. The summed E-state index contributed by atoms with van der Waals surface area (Å²) in [5, 5.41) is 11.9. The minimum absolute atomic E-state index is 0.0270. The number of nitriles is 1. The van der Waals surface area contributed by atoms with Gasteiger partial charge in [0, 0.05) is 37.1 Å². The number of hydrogen-bond acceptors (Lipinski definition) is 6. The van der Waals surface area contributed by atoms with Gasteiger partial charge in [-0.1, -0.05) is 6.92 Å². The van der Waals surface area contributed by atoms with Gasteiger partial charge in [0.05, 0.1) is 18.2 Å². The molecule has 1 N–H and O–H groups in total. The Kier molecular flexibility index (Phi) is 5.64. The van der Waals surface area contributed by atoms with E-state index in [4.69, 9.17) is 10.00 Å². The zero-order chi connectivity index (χ0) is 18.4. The largest absolute Gasteiger partial charge is 0.475 e. The predicted octanol–water partition coefficient (Wildman–Crippen LogP) is 2.15. The molecule has 0 unspecified atom stereocenters. The SMILES string of the molecule is CCCOc1nccnc1N1CC[C@H](NC(=O)c2ccc(C#N)cc2)C1. The van der Waals surface area contributed by atoms with Crippen molar-refractivity contribution >= 4 is 11.7 Å². The molecule has 0 spiro atoms. The highest BCUT2D eigenvalue weighted by Crippen LogP contribution is 2.26. The van der Waals surface area contributed by atoms with Gasteiger partial charge < -0.3 is 15.0 Å². The van der Waals surface area contributed by atoms with E-state index in [0.29, 0.717) is 30.2 Å². The molecule has 1 aliphatic heterocycles. The molecule has 3 rings (SSSR count). The molecule has 134 valence electrons. The van der Waals surface area contributed by atoms with Gasteiger partial charge in [-0.2, -0.15) is 5.26 Å². The van der Waals surface area contributed by atoms with Crippen LogP contribution in [0.3, 0.4) is 0 Å². The first-order valence-corrected chi connectivity index (χ1v) is 8.71. The van der Waals surface area contributed by atoms with E-state index in [2.05, 4.69) is 20.2 Å². The Labute approximate surface area is 152 Å². The van der Waals surface area contributed by atoms with E-state index in [1.54, 1.807) is 36.7 Å². The smallest absolute Gasteiger partial charge is 0.257 e. The van der Waals surface area contributed by atoms with Gasteiger partial charge >= 0.3 is 0 Å². The molecule has 1 atom stereocenters. The van der Waals surface area contributed by atoms with Gasteiger partial charge in [0.2, 0.25) is 0 Å². The third-order valence-electron chi connectivity index (χ3n) is 4.19. The topological polar surface area (TPSA) is 91.1 Å². The second-order valence-corrected chi connectivity index (χ2v) is 6.13. The van der Waals surface area contributed by atoms with E-state index >= 15 is 0 Å². The highest BCUT2D eigenvalue weighted by atomic mass is 16.5. The van der Waals surface area contributed by atoms with Gasteiger partial charge in [0.15, 0.2) is 5.82 Å². The lowest BCUT2D eigenvalue weighted by molar-refractivity contribution is 0.0940. The van der Waals surface area contributed by atoms with Crippen molar-refractivity contribution in [1.29, 1.82) is 5.26 Å². The molecule has 0 radical (unpaired) electrons. The molecule has 0 aliphatic carbocycles. The van der Waals surface area contributed by atoms with Crippen molar-refractivity contribution in [3.8, 4) is 11.9 Å². The molecule has 0 saturated carbocycles. The highest BCUT2D eigenvalue weighted by molar-refractivity contribution is 5.94. The molecule has 26 heavy (non-hydrogen) atoms. The number of nitrogens with one attached hydrogen (secondary N) is 1. The number of anilines is 1. The molecule has 1 amide bonds. The maximum atomic E-state index is 12.4. The third kappa shape index (κ3) is 4.09. The first-order valence-electron chi connectivity index (χ1n) is 8.71. The van der Waals surface area contributed by atoms with Gasteiger partial charge in [-0.25, -0.2) is 9.97 Å². The Balaban J connectivity index is 1.62. The Morgan fingerprint density at radius 2 is 2.12 bits per heavy atom. The lowest BCUT2D eigenvalue weighted by Crippen LogP contribution is -2.37. The van der Waals surface area contributed by atoms with Crippen molar-refractivity contribution in [2.75, 3.05) is 24.6 Å². The fourth-order valence-corrected chi connectivity index (χ4v) is 2.87. The zero-order valence-corrected chi connectivity index (χ0v) is 14.7. The lowest BCUT2D eigenvalue weighted by Gasteiger charge is -2.20. The molecule has 1 saturated heterocycles. The normalized spacial score (nSPS) is 16.2. The summed E-state index contributed by atoms with van der Waals surface area (Å²) in [6, 6.07) is 8.70. The maximum absolute atomic E-state index is 12.4. The van der Waals surface area contributed by atoms with Crippen LogP contribution >= 0.6 is 0 Å². The minimum Gasteiger partial charge on any atom is -0.475 e. The predicted molar refractivity (Wildman–Crippen MR) is 97.1 cm³/mol. The fourth-order valence-electron chi connectivity index (χ4n) is 2.87. The average molecular weight is 351 g/mol. The van der Waals surface area contributed by atoms with E-state index in [1.807, 2.05) is 13.0 Å². The molecule has 1 fully saturated rings. The summed E-state index contributed by atoms with van der Waals surface area (Å²) in [6.07, 6.45) is 5.00. The molecule has 0 bridgehead atoms. The Morgan fingerprint density at radius 3 is 2.85 bits per heavy atom. The summed E-state index contributed by atoms with van der Waals surface area (Å²) < 4.78 is 5.68. The molecule has 2 heterocycles. The standard InChI is InChI=1S/C19H21N5O2/c1-2-11-26-19-17(21-8-9-22-19)24-10-7-16(13-24)23-18(25)15-5-3-14(12-20)4-6-15/h3-6,8-9,16H,2,7,10-11,13H2,1H3,(H,23,25)/t16-/m0/s1. The number of rotatable bonds is 6. The second kappa shape index (κ2) is 8.30. The van der Waals surface area contributed by atoms with Gasteiger partial charge in [0.25, 0.3) is 11.8 Å². The summed E-state index contributed by atoms with van der Waals surface area (Å²) in [5.41, 5.74) is 1.09. The molecule has 7 heteroatoms. The van der Waals surface area contributed by atoms with Crippen LogP contribution in [0.1, 0.15) is 35.7 Å². The lowest BCUT2D eigenvalue weighted by atomic mass is 10.1. The summed E-state index contributed by atoms with van der Waals surface area (Å²) in [5.74, 6) is 1.12. The van der Waals surface area contributed by atoms with Crippen molar-refractivity contribution in [1.82, 2.24) is 15.3 Å². The Hall–Kier alpha value is -3.14. The number of ether oxygens (including phenoxy) is 1. The fraction of sp³-hybridized carbons (Fsp3) is 0.368. The van der Waals surface area contributed by atoms with Crippen LogP contribution in [0, 0.1) is 11.3 Å². The van der Waals surface area contributed by atoms with Crippen LogP contribution in [0.15, 0.2) is 36.7 Å². The van der Waals surface area contributed by atoms with E-state index in [9.17, 15) is 4.79 Å². The highest BCUT2D eigenvalue weighted by Gasteiger charge is 2.27. The summed E-state index contributed by atoms with van der Waals surface area (Å²) in [7, 11) is 0. The van der Waals surface area contributed by atoms with Gasteiger partial charge in [0.1, 0.15) is 0 Å². The monoisotopic (exact) mass is 351 g/mol. The van der Waals surface area contributed by atoms with Crippen LogP contribution < -0.4 is 15.0 Å². The first-order chi connectivity index (χ1) is 12.7. The van der Waals surface area contributed by atoms with Crippen LogP contribution in [0.5, 0.6) is 5.88 Å². The minimum atomic E-state index is -0.136. The second-order valence-electron chi connectivity index (χ2n) is 6.13. The van der Waals surface area contributed by atoms with Crippen LogP contribution in [0.2, 0.25) is 0 Å². The van der Waals surface area contributed by atoms with Crippen LogP contribution in [0.25, 0.3) is 0 Å². The number of nitrogens with zero attached hydrogens (tertiary/aromatic N) is 4. The molecule has 1 aromatic carbocycles. The van der Waals surface area contributed by atoms with Gasteiger partial charge in [-0.15, -0.1) is 0 Å². The van der Waals surface area contributed by atoms with Crippen molar-refractivity contribution < 1.29 is 9.53 Å². The first kappa shape index (κ1) is 17.7.